The molecule has 1 heterocycles. The van der Waals surface area contributed by atoms with Gasteiger partial charge in [-0.15, -0.1) is 0 Å². The molecule has 21 heavy (non-hydrogen) atoms. The van der Waals surface area contributed by atoms with E-state index < -0.39 is 17.6 Å². The zero-order valence-corrected chi connectivity index (χ0v) is 11.4. The van der Waals surface area contributed by atoms with Gasteiger partial charge in [-0.1, -0.05) is 12.1 Å². The van der Waals surface area contributed by atoms with Gasteiger partial charge in [0.15, 0.2) is 0 Å². The molecular formula is C14H17F3N2O2. The molecular weight excluding hydrogens is 285 g/mol. The Labute approximate surface area is 120 Å². The second-order valence-electron chi connectivity index (χ2n) is 5.04. The van der Waals surface area contributed by atoms with Gasteiger partial charge >= 0.3 is 6.18 Å². The molecule has 0 bridgehead atoms. The standard InChI is InChI=1S/C14H17F3N2O2/c15-14(16,17)11-5-1-2-6-12(11)18-13(21)8-19-7-3-4-10(19)9-20/h1-2,5-6,10,20H,3-4,7-9H2,(H,18,21)/t10-/m0/s1. The predicted octanol–water partition coefficient (Wildman–Crippen LogP) is 2.10. The summed E-state index contributed by atoms with van der Waals surface area (Å²) in [5, 5.41) is 11.5. The van der Waals surface area contributed by atoms with Gasteiger partial charge in [-0.2, -0.15) is 13.2 Å². The Morgan fingerprint density at radius 3 is 2.76 bits per heavy atom. The van der Waals surface area contributed by atoms with Crippen LogP contribution in [0, 0.1) is 0 Å². The molecule has 1 fully saturated rings. The molecule has 1 aliphatic heterocycles. The zero-order valence-electron chi connectivity index (χ0n) is 11.4. The largest absolute Gasteiger partial charge is 0.418 e. The fourth-order valence-corrected chi connectivity index (χ4v) is 2.52. The van der Waals surface area contributed by atoms with Gasteiger partial charge in [-0.05, 0) is 31.5 Å². The summed E-state index contributed by atoms with van der Waals surface area (Å²) in [7, 11) is 0. The highest BCUT2D eigenvalue weighted by Crippen LogP contribution is 2.34. The number of nitrogens with one attached hydrogen (secondary N) is 1. The molecule has 0 radical (unpaired) electrons. The first kappa shape index (κ1) is 15.8. The fraction of sp³-hybridized carbons (Fsp3) is 0.500. The van der Waals surface area contributed by atoms with Gasteiger partial charge in [-0.3, -0.25) is 9.69 Å². The highest BCUT2D eigenvalue weighted by Gasteiger charge is 2.34. The SMILES string of the molecule is O=C(CN1CCC[C@H]1CO)Nc1ccccc1C(F)(F)F. The molecule has 0 spiro atoms. The first-order valence-corrected chi connectivity index (χ1v) is 6.73. The van der Waals surface area contributed by atoms with Crippen molar-refractivity contribution in [3.8, 4) is 0 Å². The van der Waals surface area contributed by atoms with Gasteiger partial charge < -0.3 is 10.4 Å². The van der Waals surface area contributed by atoms with Gasteiger partial charge in [0.05, 0.1) is 24.4 Å². The number of aliphatic hydroxyl groups is 1. The monoisotopic (exact) mass is 302 g/mol. The lowest BCUT2D eigenvalue weighted by Gasteiger charge is -2.22. The second kappa shape index (κ2) is 6.44. The van der Waals surface area contributed by atoms with E-state index in [2.05, 4.69) is 5.32 Å². The molecule has 1 aromatic carbocycles. The summed E-state index contributed by atoms with van der Waals surface area (Å²) in [6.45, 7) is 0.601. The summed E-state index contributed by atoms with van der Waals surface area (Å²) in [5.74, 6) is -0.507. The highest BCUT2D eigenvalue weighted by molar-refractivity contribution is 5.93. The zero-order chi connectivity index (χ0) is 15.5. The van der Waals surface area contributed by atoms with E-state index in [0.29, 0.717) is 6.54 Å². The van der Waals surface area contributed by atoms with Crippen LogP contribution < -0.4 is 5.32 Å². The average molecular weight is 302 g/mol. The van der Waals surface area contributed by atoms with Crippen molar-refractivity contribution in [2.45, 2.75) is 25.1 Å². The lowest BCUT2D eigenvalue weighted by Crippen LogP contribution is -2.38. The topological polar surface area (TPSA) is 52.6 Å². The van der Waals surface area contributed by atoms with Crippen molar-refractivity contribution < 1.29 is 23.1 Å². The number of likely N-dealkylation sites (tertiary alicyclic amines) is 1. The van der Waals surface area contributed by atoms with Crippen LogP contribution in [0.3, 0.4) is 0 Å². The molecule has 1 saturated heterocycles. The number of benzene rings is 1. The van der Waals surface area contributed by atoms with Gasteiger partial charge in [-0.25, -0.2) is 0 Å². The number of halogens is 3. The molecule has 1 atom stereocenters. The van der Waals surface area contributed by atoms with E-state index in [-0.39, 0.29) is 24.9 Å². The number of hydrogen-bond acceptors (Lipinski definition) is 3. The van der Waals surface area contributed by atoms with Crippen molar-refractivity contribution in [2.24, 2.45) is 0 Å². The third-order valence-electron chi connectivity index (χ3n) is 3.56. The molecule has 1 amide bonds. The smallest absolute Gasteiger partial charge is 0.395 e. The number of amides is 1. The Balaban J connectivity index is 2.03. The minimum absolute atomic E-state index is 0.0165. The van der Waals surface area contributed by atoms with Crippen LogP contribution >= 0.6 is 0 Å². The number of aliphatic hydroxyl groups excluding tert-OH is 1. The van der Waals surface area contributed by atoms with Gasteiger partial charge in [0.2, 0.25) is 5.91 Å². The molecule has 0 unspecified atom stereocenters. The molecule has 4 nitrogen and oxygen atoms in total. The van der Waals surface area contributed by atoms with Crippen molar-refractivity contribution in [1.29, 1.82) is 0 Å². The van der Waals surface area contributed by atoms with Gasteiger partial charge in [0.1, 0.15) is 0 Å². The summed E-state index contributed by atoms with van der Waals surface area (Å²) < 4.78 is 38.5. The number of para-hydroxylation sites is 1. The summed E-state index contributed by atoms with van der Waals surface area (Å²) in [5.41, 5.74) is -1.10. The third kappa shape index (κ3) is 3.95. The van der Waals surface area contributed by atoms with Crippen LogP contribution in [0.5, 0.6) is 0 Å². The molecule has 7 heteroatoms. The van der Waals surface area contributed by atoms with E-state index in [9.17, 15) is 18.0 Å². The van der Waals surface area contributed by atoms with Gasteiger partial charge in [0.25, 0.3) is 0 Å². The average Bonchev–Trinajstić information content (AvgIpc) is 2.85. The van der Waals surface area contributed by atoms with Crippen molar-refractivity contribution >= 4 is 11.6 Å². The van der Waals surface area contributed by atoms with E-state index >= 15 is 0 Å². The third-order valence-corrected chi connectivity index (χ3v) is 3.56. The molecule has 0 aromatic heterocycles. The van der Waals surface area contributed by atoms with Crippen molar-refractivity contribution in [2.75, 3.05) is 25.0 Å². The first-order chi connectivity index (χ1) is 9.91. The van der Waals surface area contributed by atoms with E-state index in [1.54, 1.807) is 4.90 Å². The van der Waals surface area contributed by atoms with E-state index in [4.69, 9.17) is 5.11 Å². The van der Waals surface area contributed by atoms with Crippen molar-refractivity contribution in [3.63, 3.8) is 0 Å². The van der Waals surface area contributed by atoms with Crippen LogP contribution in [-0.4, -0.2) is 41.7 Å². The summed E-state index contributed by atoms with van der Waals surface area (Å²) >= 11 is 0. The molecule has 1 aliphatic rings. The van der Waals surface area contributed by atoms with E-state index in [1.807, 2.05) is 0 Å². The number of rotatable bonds is 4. The first-order valence-electron chi connectivity index (χ1n) is 6.73. The van der Waals surface area contributed by atoms with Gasteiger partial charge in [0, 0.05) is 6.04 Å². The summed E-state index contributed by atoms with van der Waals surface area (Å²) in [6, 6.07) is 4.79. The lowest BCUT2D eigenvalue weighted by molar-refractivity contribution is -0.137. The van der Waals surface area contributed by atoms with Crippen LogP contribution in [0.4, 0.5) is 18.9 Å². The lowest BCUT2D eigenvalue weighted by atomic mass is 10.1. The quantitative estimate of drug-likeness (QED) is 0.895. The predicted molar refractivity (Wildman–Crippen MR) is 71.8 cm³/mol. The number of nitrogens with zero attached hydrogens (tertiary/aromatic N) is 1. The van der Waals surface area contributed by atoms with Crippen LogP contribution in [0.1, 0.15) is 18.4 Å². The van der Waals surface area contributed by atoms with Crippen LogP contribution in [0.25, 0.3) is 0 Å². The maximum absolute atomic E-state index is 12.8. The fourth-order valence-electron chi connectivity index (χ4n) is 2.52. The van der Waals surface area contributed by atoms with E-state index in [0.717, 1.165) is 18.9 Å². The maximum Gasteiger partial charge on any atom is 0.418 e. The van der Waals surface area contributed by atoms with Crippen molar-refractivity contribution in [1.82, 2.24) is 4.90 Å². The minimum Gasteiger partial charge on any atom is -0.395 e. The van der Waals surface area contributed by atoms with Crippen LogP contribution in [0.2, 0.25) is 0 Å². The normalized spacial score (nSPS) is 19.7. The Morgan fingerprint density at radius 1 is 1.38 bits per heavy atom. The maximum atomic E-state index is 12.8. The molecule has 1 aromatic rings. The molecule has 2 rings (SSSR count). The Morgan fingerprint density at radius 2 is 2.10 bits per heavy atom. The van der Waals surface area contributed by atoms with Crippen LogP contribution in [0.15, 0.2) is 24.3 Å². The number of carbonyl (C=O) groups is 1. The summed E-state index contributed by atoms with van der Waals surface area (Å²) in [4.78, 5) is 13.7. The van der Waals surface area contributed by atoms with Crippen molar-refractivity contribution in [3.05, 3.63) is 29.8 Å². The number of hydrogen-bond donors (Lipinski definition) is 2. The number of anilines is 1. The number of carbonyl (C=O) groups excluding carboxylic acids is 1. The molecule has 2 N–H and O–H groups in total. The molecule has 0 aliphatic carbocycles. The Kier molecular flexibility index (Phi) is 4.84. The Bertz CT molecular complexity index is 505. The van der Waals surface area contributed by atoms with Crippen LogP contribution in [-0.2, 0) is 11.0 Å². The number of alkyl halides is 3. The highest BCUT2D eigenvalue weighted by atomic mass is 19.4. The molecule has 0 saturated carbocycles. The molecule has 116 valence electrons. The minimum atomic E-state index is -4.51. The Hall–Kier alpha value is -1.60. The van der Waals surface area contributed by atoms with E-state index in [1.165, 1.54) is 18.2 Å². The summed E-state index contributed by atoms with van der Waals surface area (Å²) in [6.07, 6.45) is -2.84. The second-order valence-corrected chi connectivity index (χ2v) is 5.04.